The molecule has 2 atom stereocenters. The zero-order valence-electron chi connectivity index (χ0n) is 13.6. The Labute approximate surface area is 120 Å². The predicted octanol–water partition coefficient (Wildman–Crippen LogP) is 4.39. The number of unbranched alkanes of at least 4 members (excludes halogenated alkanes) is 2. The Bertz CT molecular complexity index is 222. The van der Waals surface area contributed by atoms with Gasteiger partial charge in [0.15, 0.2) is 0 Å². The number of methoxy groups -OCH3 is 1. The summed E-state index contributed by atoms with van der Waals surface area (Å²) in [6.07, 6.45) is 10.8. The molecule has 1 saturated carbocycles. The molecular formula is C17H35NO. The quantitative estimate of drug-likeness (QED) is 0.547. The summed E-state index contributed by atoms with van der Waals surface area (Å²) < 4.78 is 5.08. The zero-order valence-corrected chi connectivity index (χ0v) is 13.6. The highest BCUT2D eigenvalue weighted by Crippen LogP contribution is 2.36. The van der Waals surface area contributed by atoms with Crippen molar-refractivity contribution in [1.29, 1.82) is 0 Å². The van der Waals surface area contributed by atoms with Gasteiger partial charge in [-0.05, 0) is 62.8 Å². The third-order valence-electron chi connectivity index (χ3n) is 4.65. The van der Waals surface area contributed by atoms with E-state index in [9.17, 15) is 0 Å². The van der Waals surface area contributed by atoms with Crippen LogP contribution < -0.4 is 5.32 Å². The van der Waals surface area contributed by atoms with Crippen LogP contribution in [0.2, 0.25) is 0 Å². The van der Waals surface area contributed by atoms with Gasteiger partial charge in [0.25, 0.3) is 0 Å². The van der Waals surface area contributed by atoms with Crippen molar-refractivity contribution in [3.63, 3.8) is 0 Å². The summed E-state index contributed by atoms with van der Waals surface area (Å²) in [5.41, 5.74) is 0.495. The predicted molar refractivity (Wildman–Crippen MR) is 83.5 cm³/mol. The van der Waals surface area contributed by atoms with Crippen LogP contribution in [0.1, 0.15) is 72.1 Å². The van der Waals surface area contributed by atoms with E-state index >= 15 is 0 Å². The molecular weight excluding hydrogens is 234 g/mol. The van der Waals surface area contributed by atoms with Crippen molar-refractivity contribution in [3.8, 4) is 0 Å². The van der Waals surface area contributed by atoms with Crippen molar-refractivity contribution in [2.45, 2.75) is 78.2 Å². The van der Waals surface area contributed by atoms with E-state index in [0.717, 1.165) is 18.6 Å². The summed E-state index contributed by atoms with van der Waals surface area (Å²) in [6.45, 7) is 9.31. The van der Waals surface area contributed by atoms with E-state index in [1.165, 1.54) is 57.9 Å². The number of rotatable bonds is 7. The second-order valence-electron chi connectivity index (χ2n) is 7.28. The van der Waals surface area contributed by atoms with Crippen molar-refractivity contribution >= 4 is 0 Å². The Kier molecular flexibility index (Phi) is 8.01. The molecule has 0 spiro atoms. The Morgan fingerprint density at radius 1 is 1.00 bits per heavy atom. The lowest BCUT2D eigenvalue weighted by atomic mass is 9.76. The molecule has 0 amide bonds. The van der Waals surface area contributed by atoms with Crippen molar-refractivity contribution < 1.29 is 4.74 Å². The van der Waals surface area contributed by atoms with Gasteiger partial charge in [-0.15, -0.1) is 0 Å². The van der Waals surface area contributed by atoms with Crippen LogP contribution >= 0.6 is 0 Å². The number of hydrogen-bond acceptors (Lipinski definition) is 2. The third-order valence-corrected chi connectivity index (χ3v) is 4.65. The van der Waals surface area contributed by atoms with Gasteiger partial charge in [0.2, 0.25) is 0 Å². The molecule has 0 aromatic carbocycles. The monoisotopic (exact) mass is 269 g/mol. The van der Waals surface area contributed by atoms with Crippen LogP contribution in [0.15, 0.2) is 0 Å². The lowest BCUT2D eigenvalue weighted by molar-refractivity contribution is 0.192. The fourth-order valence-electron chi connectivity index (χ4n) is 3.23. The molecule has 1 N–H and O–H groups in total. The van der Waals surface area contributed by atoms with Crippen molar-refractivity contribution in [1.82, 2.24) is 5.32 Å². The molecule has 2 unspecified atom stereocenters. The van der Waals surface area contributed by atoms with Gasteiger partial charge in [-0.3, -0.25) is 0 Å². The molecule has 0 aromatic rings. The fourth-order valence-corrected chi connectivity index (χ4v) is 3.23. The van der Waals surface area contributed by atoms with Gasteiger partial charge in [-0.25, -0.2) is 0 Å². The number of nitrogens with one attached hydrogen (secondary N) is 1. The Morgan fingerprint density at radius 2 is 1.79 bits per heavy atom. The maximum absolute atomic E-state index is 5.08. The molecule has 0 bridgehead atoms. The molecule has 0 radical (unpaired) electrons. The van der Waals surface area contributed by atoms with Crippen LogP contribution in [-0.2, 0) is 4.74 Å². The topological polar surface area (TPSA) is 21.3 Å². The van der Waals surface area contributed by atoms with Gasteiger partial charge in [-0.1, -0.05) is 27.2 Å². The maximum Gasteiger partial charge on any atom is 0.0462 e. The first-order valence-corrected chi connectivity index (χ1v) is 8.26. The summed E-state index contributed by atoms with van der Waals surface area (Å²) in [7, 11) is 1.79. The Hall–Kier alpha value is -0.0800. The highest BCUT2D eigenvalue weighted by atomic mass is 16.5. The summed E-state index contributed by atoms with van der Waals surface area (Å²) in [5, 5.41) is 3.77. The number of ether oxygens (including phenoxy) is 1. The second-order valence-corrected chi connectivity index (χ2v) is 7.28. The van der Waals surface area contributed by atoms with Crippen LogP contribution in [0.4, 0.5) is 0 Å². The standard InChI is InChI=1S/C17H35NO/c1-17(2,3)15-9-8-10-16(12-11-15)18-13-6-5-7-14-19-4/h15-16,18H,5-14H2,1-4H3. The van der Waals surface area contributed by atoms with E-state index in [0.29, 0.717) is 5.41 Å². The molecule has 114 valence electrons. The number of hydrogen-bond donors (Lipinski definition) is 1. The highest BCUT2D eigenvalue weighted by molar-refractivity contribution is 4.81. The van der Waals surface area contributed by atoms with E-state index < -0.39 is 0 Å². The van der Waals surface area contributed by atoms with E-state index in [4.69, 9.17) is 4.74 Å². The molecule has 19 heavy (non-hydrogen) atoms. The summed E-state index contributed by atoms with van der Waals surface area (Å²) >= 11 is 0. The average molecular weight is 269 g/mol. The van der Waals surface area contributed by atoms with E-state index in [2.05, 4.69) is 26.1 Å². The molecule has 0 saturated heterocycles. The molecule has 2 heteroatoms. The Morgan fingerprint density at radius 3 is 2.47 bits per heavy atom. The van der Waals surface area contributed by atoms with Crippen LogP contribution in [0.3, 0.4) is 0 Å². The van der Waals surface area contributed by atoms with Gasteiger partial charge >= 0.3 is 0 Å². The largest absolute Gasteiger partial charge is 0.385 e. The van der Waals surface area contributed by atoms with Crippen molar-refractivity contribution in [3.05, 3.63) is 0 Å². The first-order valence-electron chi connectivity index (χ1n) is 8.26. The minimum absolute atomic E-state index is 0.495. The van der Waals surface area contributed by atoms with Crippen LogP contribution in [0.5, 0.6) is 0 Å². The molecule has 1 fully saturated rings. The molecule has 0 aromatic heterocycles. The van der Waals surface area contributed by atoms with Gasteiger partial charge in [0.1, 0.15) is 0 Å². The van der Waals surface area contributed by atoms with Crippen LogP contribution in [0, 0.1) is 11.3 Å². The summed E-state index contributed by atoms with van der Waals surface area (Å²) in [4.78, 5) is 0. The first kappa shape index (κ1) is 17.0. The molecule has 1 aliphatic rings. The van der Waals surface area contributed by atoms with E-state index in [-0.39, 0.29) is 0 Å². The molecule has 1 rings (SSSR count). The lowest BCUT2D eigenvalue weighted by Gasteiger charge is -2.29. The minimum atomic E-state index is 0.495. The summed E-state index contributed by atoms with van der Waals surface area (Å²) in [6, 6.07) is 0.773. The van der Waals surface area contributed by atoms with Crippen molar-refractivity contribution in [2.75, 3.05) is 20.3 Å². The molecule has 0 aliphatic heterocycles. The maximum atomic E-state index is 5.08. The SMILES string of the molecule is COCCCCCNC1CCCC(C(C)(C)C)CC1. The van der Waals surface area contributed by atoms with Gasteiger partial charge < -0.3 is 10.1 Å². The van der Waals surface area contributed by atoms with Crippen molar-refractivity contribution in [2.24, 2.45) is 11.3 Å². The van der Waals surface area contributed by atoms with E-state index in [1.54, 1.807) is 7.11 Å². The fraction of sp³-hybridized carbons (Fsp3) is 1.00. The minimum Gasteiger partial charge on any atom is -0.385 e. The average Bonchev–Trinajstić information content (AvgIpc) is 2.58. The lowest BCUT2D eigenvalue weighted by Crippen LogP contribution is -2.29. The normalized spacial score (nSPS) is 25.3. The van der Waals surface area contributed by atoms with E-state index in [1.807, 2.05) is 0 Å². The zero-order chi connectivity index (χ0) is 14.1. The first-order chi connectivity index (χ1) is 9.04. The third kappa shape index (κ3) is 7.31. The van der Waals surface area contributed by atoms with Crippen LogP contribution in [-0.4, -0.2) is 26.3 Å². The Balaban J connectivity index is 2.12. The molecule has 1 aliphatic carbocycles. The molecule has 2 nitrogen and oxygen atoms in total. The highest BCUT2D eigenvalue weighted by Gasteiger charge is 2.27. The van der Waals surface area contributed by atoms with Gasteiger partial charge in [-0.2, -0.15) is 0 Å². The van der Waals surface area contributed by atoms with Gasteiger partial charge in [0, 0.05) is 19.8 Å². The smallest absolute Gasteiger partial charge is 0.0462 e. The molecule has 0 heterocycles. The second kappa shape index (κ2) is 8.97. The van der Waals surface area contributed by atoms with Crippen LogP contribution in [0.25, 0.3) is 0 Å². The summed E-state index contributed by atoms with van der Waals surface area (Å²) in [5.74, 6) is 0.918. The van der Waals surface area contributed by atoms with Gasteiger partial charge in [0.05, 0.1) is 0 Å².